The van der Waals surface area contributed by atoms with Crippen LogP contribution in [0.4, 0.5) is 4.39 Å². The van der Waals surface area contributed by atoms with Crippen LogP contribution in [-0.2, 0) is 10.3 Å². The third kappa shape index (κ3) is 3.62. The minimum atomic E-state index is -0.592. The zero-order chi connectivity index (χ0) is 14.6. The number of ether oxygens (including phenoxy) is 1. The Morgan fingerprint density at radius 2 is 2.10 bits per heavy atom. The molecule has 1 nitrogen and oxygen atoms in total. The van der Waals surface area contributed by atoms with Crippen LogP contribution in [0.15, 0.2) is 24.3 Å². The fraction of sp³-hybridized carbons (Fsp3) is 0.647. The molecule has 112 valence electrons. The summed E-state index contributed by atoms with van der Waals surface area (Å²) in [7, 11) is 0. The van der Waals surface area contributed by atoms with Gasteiger partial charge in [-0.25, -0.2) is 4.39 Å². The monoisotopic (exact) mass is 342 g/mol. The first-order chi connectivity index (χ1) is 9.59. The van der Waals surface area contributed by atoms with Crippen LogP contribution in [0, 0.1) is 11.7 Å². The molecule has 0 amide bonds. The molecule has 2 rings (SSSR count). The summed E-state index contributed by atoms with van der Waals surface area (Å²) in [6, 6.07) is 6.94. The standard InChI is InChI=1S/C17H24BrFO/c1-3-13-7-6-8-14(11-13)20-17(2,12-18)15-9-4-5-10-16(15)19/h4-5,9-10,13-14H,3,6-8,11-12H2,1-2H3. The van der Waals surface area contributed by atoms with Crippen molar-refractivity contribution in [2.24, 2.45) is 5.92 Å². The second kappa shape index (κ2) is 7.04. The first-order valence-corrected chi connectivity index (χ1v) is 8.70. The van der Waals surface area contributed by atoms with Crippen LogP contribution in [-0.4, -0.2) is 11.4 Å². The average Bonchev–Trinajstić information content (AvgIpc) is 2.47. The van der Waals surface area contributed by atoms with E-state index in [0.29, 0.717) is 10.9 Å². The van der Waals surface area contributed by atoms with Crippen LogP contribution in [0.1, 0.15) is 51.5 Å². The van der Waals surface area contributed by atoms with E-state index in [2.05, 4.69) is 22.9 Å². The molecule has 0 spiro atoms. The highest BCUT2D eigenvalue weighted by Gasteiger charge is 2.34. The smallest absolute Gasteiger partial charge is 0.129 e. The van der Waals surface area contributed by atoms with E-state index < -0.39 is 5.60 Å². The first kappa shape index (κ1) is 16.0. The minimum Gasteiger partial charge on any atom is -0.366 e. The normalized spacial score (nSPS) is 26.2. The lowest BCUT2D eigenvalue weighted by atomic mass is 9.85. The molecule has 0 aromatic heterocycles. The average molecular weight is 343 g/mol. The van der Waals surface area contributed by atoms with E-state index >= 15 is 0 Å². The molecule has 3 unspecified atom stereocenters. The van der Waals surface area contributed by atoms with Crippen LogP contribution >= 0.6 is 15.9 Å². The van der Waals surface area contributed by atoms with E-state index in [-0.39, 0.29) is 11.9 Å². The summed E-state index contributed by atoms with van der Waals surface area (Å²) in [4.78, 5) is 0. The van der Waals surface area contributed by atoms with Gasteiger partial charge in [0.25, 0.3) is 0 Å². The van der Waals surface area contributed by atoms with E-state index in [4.69, 9.17) is 4.74 Å². The second-order valence-corrected chi connectivity index (χ2v) is 6.59. The van der Waals surface area contributed by atoms with Gasteiger partial charge in [0.05, 0.1) is 6.10 Å². The van der Waals surface area contributed by atoms with Crippen LogP contribution < -0.4 is 0 Å². The molecule has 3 atom stereocenters. The summed E-state index contributed by atoms with van der Waals surface area (Å²) in [6.07, 6.45) is 6.18. The minimum absolute atomic E-state index is 0.183. The third-order valence-corrected chi connectivity index (χ3v) is 5.51. The molecule has 1 fully saturated rings. The SMILES string of the molecule is CCC1CCCC(OC(C)(CBr)c2ccccc2F)C1. The molecular formula is C17H24BrFO. The second-order valence-electron chi connectivity index (χ2n) is 6.03. The molecule has 3 heteroatoms. The molecule has 0 heterocycles. The van der Waals surface area contributed by atoms with Crippen molar-refractivity contribution in [2.45, 2.75) is 57.7 Å². The molecule has 1 saturated carbocycles. The Balaban J connectivity index is 2.13. The molecule has 0 bridgehead atoms. The van der Waals surface area contributed by atoms with Crippen molar-refractivity contribution in [2.75, 3.05) is 5.33 Å². The lowest BCUT2D eigenvalue weighted by Crippen LogP contribution is -2.36. The van der Waals surface area contributed by atoms with Gasteiger partial charge in [-0.1, -0.05) is 60.3 Å². The Morgan fingerprint density at radius 3 is 2.75 bits per heavy atom. The van der Waals surface area contributed by atoms with Gasteiger partial charge in [0.15, 0.2) is 0 Å². The zero-order valence-electron chi connectivity index (χ0n) is 12.4. The lowest BCUT2D eigenvalue weighted by molar-refractivity contribution is -0.0944. The van der Waals surface area contributed by atoms with E-state index in [0.717, 1.165) is 18.8 Å². The number of halogens is 2. The Kier molecular flexibility index (Phi) is 5.62. The Labute approximate surface area is 130 Å². The van der Waals surface area contributed by atoms with Crippen LogP contribution in [0.25, 0.3) is 0 Å². The van der Waals surface area contributed by atoms with Crippen molar-refractivity contribution in [3.8, 4) is 0 Å². The number of hydrogen-bond acceptors (Lipinski definition) is 1. The maximum atomic E-state index is 14.1. The Morgan fingerprint density at radius 1 is 1.35 bits per heavy atom. The first-order valence-electron chi connectivity index (χ1n) is 7.58. The largest absolute Gasteiger partial charge is 0.366 e. The summed E-state index contributed by atoms with van der Waals surface area (Å²) >= 11 is 3.51. The predicted octanol–water partition coefficient (Wildman–Crippen LogP) is 5.42. The van der Waals surface area contributed by atoms with Gasteiger partial charge in [-0.3, -0.25) is 0 Å². The van der Waals surface area contributed by atoms with E-state index in [9.17, 15) is 4.39 Å². The topological polar surface area (TPSA) is 9.23 Å². The van der Waals surface area contributed by atoms with E-state index in [1.807, 2.05) is 19.1 Å². The van der Waals surface area contributed by atoms with Gasteiger partial charge < -0.3 is 4.74 Å². The van der Waals surface area contributed by atoms with Crippen LogP contribution in [0.2, 0.25) is 0 Å². The van der Waals surface area contributed by atoms with Gasteiger partial charge in [-0.05, 0) is 31.7 Å². The van der Waals surface area contributed by atoms with Crippen molar-refractivity contribution in [3.63, 3.8) is 0 Å². The van der Waals surface area contributed by atoms with Gasteiger partial charge in [-0.2, -0.15) is 0 Å². The zero-order valence-corrected chi connectivity index (χ0v) is 14.0. The predicted molar refractivity (Wildman–Crippen MR) is 84.7 cm³/mol. The molecule has 0 aliphatic heterocycles. The number of alkyl halides is 1. The van der Waals surface area contributed by atoms with Gasteiger partial charge in [0.1, 0.15) is 11.4 Å². The molecule has 1 aromatic rings. The molecule has 20 heavy (non-hydrogen) atoms. The highest BCUT2D eigenvalue weighted by atomic mass is 79.9. The Hall–Kier alpha value is -0.410. The summed E-state index contributed by atoms with van der Waals surface area (Å²) in [6.45, 7) is 4.23. The fourth-order valence-electron chi connectivity index (χ4n) is 3.14. The molecule has 0 saturated heterocycles. The molecule has 0 N–H and O–H groups in total. The summed E-state index contributed by atoms with van der Waals surface area (Å²) in [5.41, 5.74) is 0.0570. The van der Waals surface area contributed by atoms with E-state index in [1.54, 1.807) is 6.07 Å². The van der Waals surface area contributed by atoms with Gasteiger partial charge in [0, 0.05) is 10.9 Å². The van der Waals surface area contributed by atoms with Crippen molar-refractivity contribution in [1.29, 1.82) is 0 Å². The van der Waals surface area contributed by atoms with E-state index in [1.165, 1.54) is 25.3 Å². The number of rotatable bonds is 5. The number of benzene rings is 1. The highest BCUT2D eigenvalue weighted by molar-refractivity contribution is 9.09. The molecule has 0 radical (unpaired) electrons. The van der Waals surface area contributed by atoms with Crippen molar-refractivity contribution in [3.05, 3.63) is 35.6 Å². The molecular weight excluding hydrogens is 319 g/mol. The van der Waals surface area contributed by atoms with Gasteiger partial charge >= 0.3 is 0 Å². The van der Waals surface area contributed by atoms with Crippen LogP contribution in [0.5, 0.6) is 0 Å². The fourth-order valence-corrected chi connectivity index (χ4v) is 3.58. The summed E-state index contributed by atoms with van der Waals surface area (Å²) in [5.74, 6) is 0.575. The van der Waals surface area contributed by atoms with Crippen molar-refractivity contribution in [1.82, 2.24) is 0 Å². The summed E-state index contributed by atoms with van der Waals surface area (Å²) in [5, 5.41) is 0.605. The molecule has 1 aliphatic carbocycles. The van der Waals surface area contributed by atoms with Crippen LogP contribution in [0.3, 0.4) is 0 Å². The maximum Gasteiger partial charge on any atom is 0.129 e. The molecule has 1 aliphatic rings. The van der Waals surface area contributed by atoms with Crippen molar-refractivity contribution < 1.29 is 9.13 Å². The number of hydrogen-bond donors (Lipinski definition) is 0. The van der Waals surface area contributed by atoms with Gasteiger partial charge in [0.2, 0.25) is 0 Å². The highest BCUT2D eigenvalue weighted by Crippen LogP contribution is 2.36. The maximum absolute atomic E-state index is 14.1. The van der Waals surface area contributed by atoms with Crippen molar-refractivity contribution >= 4 is 15.9 Å². The third-order valence-electron chi connectivity index (χ3n) is 4.44. The lowest BCUT2D eigenvalue weighted by Gasteiger charge is -2.37. The Bertz CT molecular complexity index is 437. The molecule has 1 aromatic carbocycles. The quantitative estimate of drug-likeness (QED) is 0.649. The summed E-state index contributed by atoms with van der Waals surface area (Å²) < 4.78 is 20.4. The van der Waals surface area contributed by atoms with Gasteiger partial charge in [-0.15, -0.1) is 0 Å².